The van der Waals surface area contributed by atoms with E-state index in [1.165, 1.54) is 123 Å². The quantitative estimate of drug-likeness (QED) is 0.0108. The molecule has 0 aromatic heterocycles. The van der Waals surface area contributed by atoms with E-state index in [-0.39, 0.29) is 12.5 Å². The molecule has 2 aliphatic rings. The number of unbranched alkanes of at least 4 members (excludes halogenated alkanes) is 19. The molecule has 10 unspecified atom stereocenters. The molecule has 15 heteroatoms. The van der Waals surface area contributed by atoms with E-state index in [2.05, 4.69) is 54.9 Å². The number of aliphatic hydroxyl groups is 6. The SMILES string of the molecule is C=C(CCCCCC/C=C/CCCCCCCC)OO.CCCCCC/C=C/CCCCCCCC(=O)NC1C(OC)OC(CO)C(O)C1O.COC1OC(CO)C(O)C(O)C1N. The zero-order valence-corrected chi connectivity index (χ0v) is 39.5. The van der Waals surface area contributed by atoms with Crippen LogP contribution >= 0.6 is 0 Å². The second kappa shape index (κ2) is 41.4. The number of methoxy groups -OCH3 is 2. The average Bonchev–Trinajstić information content (AvgIpc) is 3.29. The summed E-state index contributed by atoms with van der Waals surface area (Å²) in [6, 6.07) is -1.67. The van der Waals surface area contributed by atoms with Gasteiger partial charge in [0.2, 0.25) is 5.91 Å². The van der Waals surface area contributed by atoms with Gasteiger partial charge in [-0.1, -0.05) is 128 Å². The standard InChI is InChI=1S/C23H43NO6.C18H34O2.C7H15NO5/c1-3-4-5-6-7-8-9-10-11-12-13-14-15-16-19(26)24-20-22(28)21(27)18(17-25)30-23(20)29-2;1-3-4-5-6-7-8-9-10-11-12-13-14-15-16-17-18(2)20-19;1-12-7-4(8)6(11)5(10)3(2-9)13-7/h8-9,18,20-23,25,27-28H,3-7,10-17H2,1-2H3,(H,24,26);10-11,19H,2-9,12-17H2,1H3;3-7,9-11H,2,8H2,1H3/b9-8+;11-10+;. The van der Waals surface area contributed by atoms with Crippen LogP contribution in [-0.4, -0.2) is 131 Å². The van der Waals surface area contributed by atoms with Gasteiger partial charge in [-0.25, -0.2) is 5.26 Å². The number of allylic oxidation sites excluding steroid dienone is 5. The van der Waals surface area contributed by atoms with Gasteiger partial charge in [-0.2, -0.15) is 0 Å². The first-order chi connectivity index (χ1) is 30.5. The van der Waals surface area contributed by atoms with E-state index in [9.17, 15) is 30.3 Å². The molecule has 372 valence electrons. The van der Waals surface area contributed by atoms with Gasteiger partial charge < -0.3 is 65.5 Å². The van der Waals surface area contributed by atoms with Crippen LogP contribution in [-0.2, 0) is 28.6 Å². The fourth-order valence-corrected chi connectivity index (χ4v) is 7.28. The molecule has 0 aromatic carbocycles. The van der Waals surface area contributed by atoms with Gasteiger partial charge in [0.05, 0.1) is 19.3 Å². The second-order valence-electron chi connectivity index (χ2n) is 16.8. The van der Waals surface area contributed by atoms with Crippen LogP contribution in [0.2, 0.25) is 0 Å². The van der Waals surface area contributed by atoms with Crippen LogP contribution in [0, 0.1) is 0 Å². The van der Waals surface area contributed by atoms with E-state index in [0.29, 0.717) is 12.2 Å². The monoisotopic (exact) mass is 905 g/mol. The normalized spacial score (nSPS) is 25.9. The summed E-state index contributed by atoms with van der Waals surface area (Å²) >= 11 is 0. The van der Waals surface area contributed by atoms with Crippen LogP contribution in [0.25, 0.3) is 0 Å². The Balaban J connectivity index is 0.000000999. The lowest BCUT2D eigenvalue weighted by atomic mass is 9.96. The zero-order chi connectivity index (χ0) is 47.1. The third-order valence-corrected chi connectivity index (χ3v) is 11.4. The average molecular weight is 905 g/mol. The number of carbonyl (C=O) groups is 1. The van der Waals surface area contributed by atoms with Crippen molar-refractivity contribution in [3.63, 3.8) is 0 Å². The minimum Gasteiger partial charge on any atom is -0.394 e. The summed E-state index contributed by atoms with van der Waals surface area (Å²) in [4.78, 5) is 16.3. The van der Waals surface area contributed by atoms with E-state index < -0.39 is 67.9 Å². The molecule has 0 aliphatic carbocycles. The van der Waals surface area contributed by atoms with Crippen LogP contribution in [0.1, 0.15) is 174 Å². The van der Waals surface area contributed by atoms with Gasteiger partial charge in [0.25, 0.3) is 0 Å². The highest BCUT2D eigenvalue weighted by Crippen LogP contribution is 2.23. The smallest absolute Gasteiger partial charge is 0.220 e. The maximum Gasteiger partial charge on any atom is 0.220 e. The van der Waals surface area contributed by atoms with Gasteiger partial charge in [-0.05, 0) is 64.2 Å². The minimum absolute atomic E-state index is 0.203. The van der Waals surface area contributed by atoms with Crippen molar-refractivity contribution < 1.29 is 64.5 Å². The highest BCUT2D eigenvalue weighted by molar-refractivity contribution is 5.76. The molecule has 2 saturated heterocycles. The van der Waals surface area contributed by atoms with E-state index >= 15 is 0 Å². The van der Waals surface area contributed by atoms with Gasteiger partial charge in [0, 0.05) is 27.1 Å². The first-order valence-electron chi connectivity index (χ1n) is 24.1. The van der Waals surface area contributed by atoms with Gasteiger partial charge in [0.15, 0.2) is 12.6 Å². The van der Waals surface area contributed by atoms with E-state index in [4.69, 9.17) is 35.0 Å². The van der Waals surface area contributed by atoms with E-state index in [0.717, 1.165) is 44.9 Å². The molecule has 2 rings (SSSR count). The molecule has 0 aromatic rings. The van der Waals surface area contributed by atoms with Gasteiger partial charge >= 0.3 is 0 Å². The lowest BCUT2D eigenvalue weighted by Gasteiger charge is -2.41. The molecule has 0 spiro atoms. The summed E-state index contributed by atoms with van der Waals surface area (Å²) in [5.41, 5.74) is 5.50. The third-order valence-electron chi connectivity index (χ3n) is 11.4. The highest BCUT2D eigenvalue weighted by Gasteiger charge is 2.45. The molecule has 0 saturated carbocycles. The predicted octanol–water partition coefficient (Wildman–Crippen LogP) is 6.85. The maximum atomic E-state index is 12.2. The largest absolute Gasteiger partial charge is 0.394 e. The van der Waals surface area contributed by atoms with Crippen LogP contribution < -0.4 is 11.1 Å². The number of aliphatic hydroxyl groups excluding tert-OH is 6. The number of nitrogens with two attached hydrogens (primary N) is 1. The number of hydrogen-bond donors (Lipinski definition) is 9. The fourth-order valence-electron chi connectivity index (χ4n) is 7.28. The molecule has 10 atom stereocenters. The van der Waals surface area contributed by atoms with Crippen molar-refractivity contribution in [2.45, 2.75) is 236 Å². The molecule has 10 N–H and O–H groups in total. The van der Waals surface area contributed by atoms with Crippen LogP contribution in [0.4, 0.5) is 0 Å². The Hall–Kier alpha value is -1.99. The molecule has 1 amide bonds. The number of ether oxygens (including phenoxy) is 4. The lowest BCUT2D eigenvalue weighted by molar-refractivity contribution is -0.262. The summed E-state index contributed by atoms with van der Waals surface area (Å²) in [6.45, 7) is 7.26. The number of amides is 1. The number of hydrogen-bond acceptors (Lipinski definition) is 14. The molecule has 2 heterocycles. The first kappa shape index (κ1) is 61.0. The van der Waals surface area contributed by atoms with Crippen molar-refractivity contribution >= 4 is 5.91 Å². The molecule has 2 fully saturated rings. The van der Waals surface area contributed by atoms with Crippen molar-refractivity contribution in [3.05, 3.63) is 36.6 Å². The Kier molecular flexibility index (Phi) is 40.1. The first-order valence-corrected chi connectivity index (χ1v) is 24.1. The van der Waals surface area contributed by atoms with Gasteiger partial charge in [-0.15, -0.1) is 0 Å². The molecular weight excluding hydrogens is 813 g/mol. The summed E-state index contributed by atoms with van der Waals surface area (Å²) in [5, 5.41) is 68.0. The van der Waals surface area contributed by atoms with Crippen molar-refractivity contribution in [2.75, 3.05) is 27.4 Å². The predicted molar refractivity (Wildman–Crippen MR) is 247 cm³/mol. The Morgan fingerprint density at radius 2 is 0.968 bits per heavy atom. The van der Waals surface area contributed by atoms with E-state index in [1.54, 1.807) is 0 Å². The van der Waals surface area contributed by atoms with Gasteiger partial charge in [0.1, 0.15) is 48.4 Å². The third kappa shape index (κ3) is 29.3. The Bertz CT molecular complexity index is 1110. The summed E-state index contributed by atoms with van der Waals surface area (Å²) < 4.78 is 20.5. The number of carbonyl (C=O) groups excluding carboxylic acids is 1. The lowest BCUT2D eigenvalue weighted by Crippen LogP contribution is -2.64. The second-order valence-corrected chi connectivity index (χ2v) is 16.8. The number of rotatable bonds is 33. The van der Waals surface area contributed by atoms with Crippen molar-refractivity contribution in [1.29, 1.82) is 0 Å². The van der Waals surface area contributed by atoms with Crippen LogP contribution in [0.5, 0.6) is 0 Å². The van der Waals surface area contributed by atoms with Crippen molar-refractivity contribution in [1.82, 2.24) is 5.32 Å². The molecule has 15 nitrogen and oxygen atoms in total. The van der Waals surface area contributed by atoms with Crippen LogP contribution in [0.3, 0.4) is 0 Å². The molecular formula is C48H92N2O13. The topological polar surface area (TPSA) is 243 Å². The molecule has 0 bridgehead atoms. The Labute approximate surface area is 380 Å². The summed E-state index contributed by atoms with van der Waals surface area (Å²) in [6.07, 6.45) is 30.3. The fraction of sp³-hybridized carbons (Fsp3) is 0.854. The zero-order valence-electron chi connectivity index (χ0n) is 39.5. The number of nitrogens with one attached hydrogen (secondary N) is 1. The van der Waals surface area contributed by atoms with Crippen molar-refractivity contribution in [2.24, 2.45) is 5.73 Å². The van der Waals surface area contributed by atoms with Gasteiger partial charge in [-0.3, -0.25) is 4.79 Å². The highest BCUT2D eigenvalue weighted by atomic mass is 17.1. The Morgan fingerprint density at radius 1 is 0.587 bits per heavy atom. The summed E-state index contributed by atoms with van der Waals surface area (Å²) in [7, 11) is 2.77. The molecule has 0 radical (unpaired) electrons. The van der Waals surface area contributed by atoms with Crippen molar-refractivity contribution in [3.8, 4) is 0 Å². The van der Waals surface area contributed by atoms with E-state index in [1.807, 2.05) is 0 Å². The summed E-state index contributed by atoms with van der Waals surface area (Å²) in [5.74, 6) is 0.272. The minimum atomic E-state index is -1.28. The molecule has 2 aliphatic heterocycles. The molecule has 63 heavy (non-hydrogen) atoms. The van der Waals surface area contributed by atoms with Crippen LogP contribution in [0.15, 0.2) is 36.6 Å². The maximum absolute atomic E-state index is 12.2. The Morgan fingerprint density at radius 3 is 1.40 bits per heavy atom.